The molecule has 0 heterocycles. The maximum atomic E-state index is 11.7. The molecule has 0 unspecified atom stereocenters. The van der Waals surface area contributed by atoms with Crippen LogP contribution in [0.2, 0.25) is 0 Å². The molecule has 1 aliphatic carbocycles. The minimum Gasteiger partial charge on any atom is -0.467 e. The van der Waals surface area contributed by atoms with Crippen molar-refractivity contribution >= 4 is 12.4 Å². The number of methoxy groups -OCH3 is 1. The van der Waals surface area contributed by atoms with Crippen LogP contribution in [-0.2, 0) is 21.5 Å². The molecule has 2 aromatic rings. The minimum atomic E-state index is -1.36. The minimum absolute atomic E-state index is 0.140. The predicted octanol–water partition coefficient (Wildman–Crippen LogP) is 3.11. The number of hydrogen-bond acceptors (Lipinski definition) is 4. The second-order valence-electron chi connectivity index (χ2n) is 5.94. The van der Waals surface area contributed by atoms with Gasteiger partial charge in [-0.25, -0.2) is 4.79 Å². The number of fused-ring (bicyclic) bond motifs is 1. The summed E-state index contributed by atoms with van der Waals surface area (Å²) in [5, 5.41) is 11.4. The van der Waals surface area contributed by atoms with E-state index in [1.54, 1.807) is 25.3 Å². The molecule has 3 rings (SSSR count). The average molecular weight is 353 g/mol. The van der Waals surface area contributed by atoms with E-state index >= 15 is 0 Å². The van der Waals surface area contributed by atoms with Gasteiger partial charge in [-0.05, 0) is 29.2 Å². The molecule has 2 aromatic carbocycles. The first kappa shape index (κ1) is 17.7. The first-order chi connectivity index (χ1) is 12.6. The lowest BCUT2D eigenvalue weighted by molar-refractivity contribution is -0.112. The highest BCUT2D eigenvalue weighted by atomic mass is 16.7. The van der Waals surface area contributed by atoms with Gasteiger partial charge in [0.25, 0.3) is 0 Å². The fraction of sp³-hybridized carbons (Fsp3) is 0.200. The zero-order valence-electron chi connectivity index (χ0n) is 14.3. The number of carbonyl (C=O) groups is 2. The molecule has 1 amide bonds. The monoisotopic (exact) mass is 353 g/mol. The van der Waals surface area contributed by atoms with E-state index in [4.69, 9.17) is 14.6 Å². The third-order valence-electron chi connectivity index (χ3n) is 4.30. The van der Waals surface area contributed by atoms with Crippen molar-refractivity contribution in [2.75, 3.05) is 13.9 Å². The number of nitrogens with one attached hydrogen (secondary N) is 1. The smallest absolute Gasteiger partial charge is 0.405 e. The van der Waals surface area contributed by atoms with Crippen LogP contribution in [0.25, 0.3) is 11.1 Å². The predicted molar refractivity (Wildman–Crippen MR) is 96.1 cm³/mol. The van der Waals surface area contributed by atoms with Crippen LogP contribution >= 0.6 is 0 Å². The zero-order chi connectivity index (χ0) is 18.6. The van der Waals surface area contributed by atoms with Gasteiger partial charge in [-0.1, -0.05) is 48.6 Å². The molecule has 134 valence electrons. The van der Waals surface area contributed by atoms with Crippen LogP contribution in [0.1, 0.15) is 11.1 Å². The van der Waals surface area contributed by atoms with Gasteiger partial charge < -0.3 is 19.9 Å². The molecule has 0 aliphatic heterocycles. The van der Waals surface area contributed by atoms with Crippen LogP contribution in [0.5, 0.6) is 5.75 Å². The third-order valence-corrected chi connectivity index (χ3v) is 4.30. The van der Waals surface area contributed by atoms with Crippen LogP contribution in [0, 0.1) is 0 Å². The highest BCUT2D eigenvalue weighted by molar-refractivity contribution is 5.82. The Balaban J connectivity index is 2.03. The molecule has 0 fully saturated rings. The number of rotatable bonds is 6. The molecule has 0 radical (unpaired) electrons. The lowest BCUT2D eigenvalue weighted by atomic mass is 9.81. The van der Waals surface area contributed by atoms with Gasteiger partial charge >= 0.3 is 6.09 Å². The second-order valence-corrected chi connectivity index (χ2v) is 5.94. The van der Waals surface area contributed by atoms with Gasteiger partial charge in [0.15, 0.2) is 13.1 Å². The summed E-state index contributed by atoms with van der Waals surface area (Å²) in [5.74, 6) is 0.686. The molecule has 0 bridgehead atoms. The Kier molecular flexibility index (Phi) is 5.04. The SMILES string of the molecule is COCOc1ccccc1-c1ccc2c(c1)CC=C[C@]2(C=O)NC(=O)O. The fourth-order valence-electron chi connectivity index (χ4n) is 3.17. The van der Waals surface area contributed by atoms with Crippen molar-refractivity contribution in [2.24, 2.45) is 0 Å². The van der Waals surface area contributed by atoms with E-state index in [9.17, 15) is 9.59 Å². The van der Waals surface area contributed by atoms with E-state index in [1.165, 1.54) is 0 Å². The molecule has 0 aromatic heterocycles. The number of benzene rings is 2. The van der Waals surface area contributed by atoms with Crippen LogP contribution in [-0.4, -0.2) is 31.4 Å². The van der Waals surface area contributed by atoms with E-state index in [1.807, 2.05) is 36.4 Å². The number of allylic oxidation sites excluding steroid dienone is 1. The number of amides is 1. The summed E-state index contributed by atoms with van der Waals surface area (Å²) in [6, 6.07) is 13.2. The molecule has 1 atom stereocenters. The summed E-state index contributed by atoms with van der Waals surface area (Å²) in [5.41, 5.74) is 1.97. The second kappa shape index (κ2) is 7.41. The van der Waals surface area contributed by atoms with Gasteiger partial charge in [-0.3, -0.25) is 4.79 Å². The van der Waals surface area contributed by atoms with Gasteiger partial charge in [0.1, 0.15) is 11.3 Å². The highest BCUT2D eigenvalue weighted by Gasteiger charge is 2.35. The van der Waals surface area contributed by atoms with Gasteiger partial charge in [-0.2, -0.15) is 0 Å². The average Bonchev–Trinajstić information content (AvgIpc) is 2.66. The van der Waals surface area contributed by atoms with E-state index in [0.717, 1.165) is 16.7 Å². The van der Waals surface area contributed by atoms with Crippen LogP contribution in [0.3, 0.4) is 0 Å². The van der Waals surface area contributed by atoms with Crippen molar-refractivity contribution in [2.45, 2.75) is 12.0 Å². The standard InChI is InChI=1S/C20H19NO5/c1-25-13-26-18-7-3-2-6-16(18)14-8-9-17-15(11-14)5-4-10-20(17,12-22)21-19(23)24/h2-4,6-12,21H,5,13H2,1H3,(H,23,24)/t20-/m1/s1. The Labute approximate surface area is 151 Å². The number of aldehydes is 1. The van der Waals surface area contributed by atoms with Gasteiger partial charge in [-0.15, -0.1) is 0 Å². The molecular weight excluding hydrogens is 334 g/mol. The quantitative estimate of drug-likeness (QED) is 0.473. The molecule has 0 saturated carbocycles. The molecular formula is C20H19NO5. The van der Waals surface area contributed by atoms with Crippen LogP contribution in [0.4, 0.5) is 4.79 Å². The van der Waals surface area contributed by atoms with Crippen LogP contribution < -0.4 is 10.1 Å². The van der Waals surface area contributed by atoms with E-state index in [-0.39, 0.29) is 6.79 Å². The lowest BCUT2D eigenvalue weighted by Crippen LogP contribution is -2.46. The molecule has 0 spiro atoms. The summed E-state index contributed by atoms with van der Waals surface area (Å²) >= 11 is 0. The Morgan fingerprint density at radius 3 is 2.85 bits per heavy atom. The summed E-state index contributed by atoms with van der Waals surface area (Å²) in [4.78, 5) is 22.8. The number of carbonyl (C=O) groups excluding carboxylic acids is 1. The van der Waals surface area contributed by atoms with Crippen molar-refractivity contribution in [3.05, 3.63) is 65.7 Å². The van der Waals surface area contributed by atoms with E-state index < -0.39 is 11.6 Å². The Morgan fingerprint density at radius 1 is 1.31 bits per heavy atom. The van der Waals surface area contributed by atoms with E-state index in [2.05, 4.69) is 5.32 Å². The zero-order valence-corrected chi connectivity index (χ0v) is 14.3. The van der Waals surface area contributed by atoms with Crippen molar-refractivity contribution in [3.8, 4) is 16.9 Å². The summed E-state index contributed by atoms with van der Waals surface area (Å²) < 4.78 is 10.6. The Morgan fingerprint density at radius 2 is 2.12 bits per heavy atom. The third kappa shape index (κ3) is 3.32. The lowest BCUT2D eigenvalue weighted by Gasteiger charge is -2.30. The fourth-order valence-corrected chi connectivity index (χ4v) is 3.17. The molecule has 6 heteroatoms. The Hall–Kier alpha value is -3.12. The Bertz CT molecular complexity index is 861. The topological polar surface area (TPSA) is 84.9 Å². The van der Waals surface area contributed by atoms with E-state index in [0.29, 0.717) is 24.0 Å². The van der Waals surface area contributed by atoms with Gasteiger partial charge in [0, 0.05) is 12.7 Å². The molecule has 0 saturated heterocycles. The normalized spacial score (nSPS) is 18.0. The maximum absolute atomic E-state index is 11.7. The summed E-state index contributed by atoms with van der Waals surface area (Å²) in [6.45, 7) is 0.140. The van der Waals surface area contributed by atoms with Crippen molar-refractivity contribution in [1.82, 2.24) is 5.32 Å². The molecule has 26 heavy (non-hydrogen) atoms. The van der Waals surface area contributed by atoms with Gasteiger partial charge in [0.05, 0.1) is 0 Å². The number of hydrogen-bond donors (Lipinski definition) is 2. The van der Waals surface area contributed by atoms with Crippen LogP contribution in [0.15, 0.2) is 54.6 Å². The number of ether oxygens (including phenoxy) is 2. The largest absolute Gasteiger partial charge is 0.467 e. The van der Waals surface area contributed by atoms with Crippen molar-refractivity contribution in [3.63, 3.8) is 0 Å². The first-order valence-corrected chi connectivity index (χ1v) is 8.09. The van der Waals surface area contributed by atoms with Crippen molar-refractivity contribution in [1.29, 1.82) is 0 Å². The van der Waals surface area contributed by atoms with Gasteiger partial charge in [0.2, 0.25) is 0 Å². The molecule has 1 aliphatic rings. The van der Waals surface area contributed by atoms with Crippen molar-refractivity contribution < 1.29 is 24.2 Å². The maximum Gasteiger partial charge on any atom is 0.405 e. The summed E-state index contributed by atoms with van der Waals surface area (Å²) in [6.07, 6.45) is 3.36. The first-order valence-electron chi connectivity index (χ1n) is 8.09. The number of para-hydroxylation sites is 1. The molecule has 2 N–H and O–H groups in total. The molecule has 6 nitrogen and oxygen atoms in total. The summed E-state index contributed by atoms with van der Waals surface area (Å²) in [7, 11) is 1.56. The number of carboxylic acid groups (broad SMARTS) is 1. The highest BCUT2D eigenvalue weighted by Crippen LogP contribution is 2.35.